The largest absolute Gasteiger partial charge is 0.493 e. The predicted octanol–water partition coefficient (Wildman–Crippen LogP) is 5.38. The molecule has 6 heteroatoms. The minimum atomic E-state index is -0.312. The molecule has 0 aromatic heterocycles. The van der Waals surface area contributed by atoms with Crippen LogP contribution in [0.4, 0.5) is 5.69 Å². The molecule has 0 aliphatic rings. The Bertz CT molecular complexity index is 1030. The lowest BCUT2D eigenvalue weighted by molar-refractivity contribution is 0.101. The number of ether oxygens (including phenoxy) is 2. The number of nitrogens with one attached hydrogen (secondary N) is 1. The molecule has 0 fully saturated rings. The summed E-state index contributed by atoms with van der Waals surface area (Å²) in [4.78, 5) is 24.1. The van der Waals surface area contributed by atoms with Gasteiger partial charge in [-0.05, 0) is 55.0 Å². The fraction of sp³-hybridized carbons (Fsp3) is 0.130. The minimum Gasteiger partial charge on any atom is -0.493 e. The summed E-state index contributed by atoms with van der Waals surface area (Å²) in [7, 11) is 1.52. The molecule has 3 aromatic carbocycles. The van der Waals surface area contributed by atoms with E-state index in [0.717, 1.165) is 5.56 Å². The standard InChI is InChI=1S/C23H20ClNO4/c1-15(26)17-4-3-5-20(12-17)25-23(27)18-8-11-21(22(13-18)28-2)29-14-16-6-9-19(24)10-7-16/h3-13H,14H2,1-2H3,(H,25,27). The van der Waals surface area contributed by atoms with Gasteiger partial charge in [0.1, 0.15) is 6.61 Å². The number of benzene rings is 3. The molecular formula is C23H20ClNO4. The van der Waals surface area contributed by atoms with Gasteiger partial charge < -0.3 is 14.8 Å². The van der Waals surface area contributed by atoms with Gasteiger partial charge in [-0.15, -0.1) is 0 Å². The lowest BCUT2D eigenvalue weighted by atomic mass is 10.1. The quantitative estimate of drug-likeness (QED) is 0.532. The van der Waals surface area contributed by atoms with Crippen molar-refractivity contribution in [3.8, 4) is 11.5 Å². The maximum Gasteiger partial charge on any atom is 0.255 e. The molecule has 0 aliphatic heterocycles. The van der Waals surface area contributed by atoms with Crippen molar-refractivity contribution < 1.29 is 19.1 Å². The number of anilines is 1. The molecule has 148 valence electrons. The van der Waals surface area contributed by atoms with E-state index in [0.29, 0.717) is 39.9 Å². The Morgan fingerprint density at radius 3 is 2.38 bits per heavy atom. The molecule has 29 heavy (non-hydrogen) atoms. The molecule has 0 radical (unpaired) electrons. The van der Waals surface area contributed by atoms with E-state index >= 15 is 0 Å². The fourth-order valence-electron chi connectivity index (χ4n) is 2.69. The average molecular weight is 410 g/mol. The van der Waals surface area contributed by atoms with Gasteiger partial charge in [0.25, 0.3) is 5.91 Å². The van der Waals surface area contributed by atoms with Crippen molar-refractivity contribution in [1.29, 1.82) is 0 Å². The van der Waals surface area contributed by atoms with Crippen molar-refractivity contribution in [3.05, 3.63) is 88.4 Å². The Morgan fingerprint density at radius 1 is 0.931 bits per heavy atom. The highest BCUT2D eigenvalue weighted by Crippen LogP contribution is 2.29. The fourth-order valence-corrected chi connectivity index (χ4v) is 2.81. The van der Waals surface area contributed by atoms with Gasteiger partial charge in [0.05, 0.1) is 7.11 Å². The smallest absolute Gasteiger partial charge is 0.255 e. The van der Waals surface area contributed by atoms with Gasteiger partial charge in [-0.25, -0.2) is 0 Å². The Labute approximate surface area is 174 Å². The second-order valence-electron chi connectivity index (χ2n) is 6.37. The van der Waals surface area contributed by atoms with Crippen LogP contribution in [0.2, 0.25) is 5.02 Å². The van der Waals surface area contributed by atoms with Gasteiger partial charge in [0.2, 0.25) is 0 Å². The van der Waals surface area contributed by atoms with Crippen LogP contribution < -0.4 is 14.8 Å². The van der Waals surface area contributed by atoms with Crippen molar-refractivity contribution in [1.82, 2.24) is 0 Å². The first-order valence-corrected chi connectivity index (χ1v) is 9.31. The van der Waals surface area contributed by atoms with Crippen LogP contribution in [0.25, 0.3) is 0 Å². The molecule has 3 aromatic rings. The topological polar surface area (TPSA) is 64.6 Å². The third-order valence-corrected chi connectivity index (χ3v) is 4.51. The number of rotatable bonds is 7. The lowest BCUT2D eigenvalue weighted by Crippen LogP contribution is -2.12. The van der Waals surface area contributed by atoms with Crippen LogP contribution in [0.15, 0.2) is 66.7 Å². The third kappa shape index (κ3) is 5.36. The second kappa shape index (κ2) is 9.26. The molecule has 3 rings (SSSR count). The number of methoxy groups -OCH3 is 1. The van der Waals surface area contributed by atoms with E-state index in [1.165, 1.54) is 14.0 Å². The first-order valence-electron chi connectivity index (χ1n) is 8.94. The number of hydrogen-bond donors (Lipinski definition) is 1. The van der Waals surface area contributed by atoms with Crippen molar-refractivity contribution in [2.24, 2.45) is 0 Å². The van der Waals surface area contributed by atoms with Gasteiger partial charge in [0, 0.05) is 21.8 Å². The average Bonchev–Trinajstić information content (AvgIpc) is 2.73. The summed E-state index contributed by atoms with van der Waals surface area (Å²) in [5.41, 5.74) is 2.45. The van der Waals surface area contributed by atoms with Gasteiger partial charge in [-0.3, -0.25) is 9.59 Å². The summed E-state index contributed by atoms with van der Waals surface area (Å²) >= 11 is 5.89. The summed E-state index contributed by atoms with van der Waals surface area (Å²) in [6.45, 7) is 1.82. The van der Waals surface area contributed by atoms with E-state index in [-0.39, 0.29) is 11.7 Å². The highest BCUT2D eigenvalue weighted by molar-refractivity contribution is 6.30. The Balaban J connectivity index is 1.72. The molecule has 0 saturated heterocycles. The lowest BCUT2D eigenvalue weighted by Gasteiger charge is -2.13. The van der Waals surface area contributed by atoms with Crippen LogP contribution in [0, 0.1) is 0 Å². The monoisotopic (exact) mass is 409 g/mol. The van der Waals surface area contributed by atoms with Gasteiger partial charge >= 0.3 is 0 Å². The van der Waals surface area contributed by atoms with Crippen LogP contribution in [0.1, 0.15) is 33.2 Å². The van der Waals surface area contributed by atoms with Gasteiger partial charge in [-0.2, -0.15) is 0 Å². The van der Waals surface area contributed by atoms with Crippen LogP contribution in [0.3, 0.4) is 0 Å². The van der Waals surface area contributed by atoms with Crippen molar-refractivity contribution in [2.45, 2.75) is 13.5 Å². The number of Topliss-reactive ketones (excluding diaryl/α,β-unsaturated/α-hetero) is 1. The number of halogens is 1. The SMILES string of the molecule is COc1cc(C(=O)Nc2cccc(C(C)=O)c2)ccc1OCc1ccc(Cl)cc1. The first-order chi connectivity index (χ1) is 14.0. The Kier molecular flexibility index (Phi) is 6.52. The van der Waals surface area contributed by atoms with E-state index in [1.807, 2.05) is 12.1 Å². The maximum absolute atomic E-state index is 12.6. The minimum absolute atomic E-state index is 0.0649. The van der Waals surface area contributed by atoms with Crippen LogP contribution in [-0.4, -0.2) is 18.8 Å². The van der Waals surface area contributed by atoms with Crippen molar-refractivity contribution in [2.75, 3.05) is 12.4 Å². The number of carbonyl (C=O) groups excluding carboxylic acids is 2. The molecule has 1 N–H and O–H groups in total. The van der Waals surface area contributed by atoms with Crippen LogP contribution in [-0.2, 0) is 6.61 Å². The van der Waals surface area contributed by atoms with Gasteiger partial charge in [0.15, 0.2) is 17.3 Å². The zero-order valence-electron chi connectivity index (χ0n) is 16.1. The highest BCUT2D eigenvalue weighted by Gasteiger charge is 2.12. The summed E-state index contributed by atoms with van der Waals surface area (Å²) in [6.07, 6.45) is 0. The molecule has 0 unspecified atom stereocenters. The van der Waals surface area contributed by atoms with E-state index in [2.05, 4.69) is 5.32 Å². The molecule has 0 saturated carbocycles. The van der Waals surface area contributed by atoms with E-state index in [1.54, 1.807) is 54.6 Å². The molecular weight excluding hydrogens is 390 g/mol. The second-order valence-corrected chi connectivity index (χ2v) is 6.81. The molecule has 0 atom stereocenters. The Hall–Kier alpha value is -3.31. The van der Waals surface area contributed by atoms with Crippen LogP contribution in [0.5, 0.6) is 11.5 Å². The van der Waals surface area contributed by atoms with E-state index in [4.69, 9.17) is 21.1 Å². The predicted molar refractivity (Wildman–Crippen MR) is 113 cm³/mol. The molecule has 0 aliphatic carbocycles. The molecule has 0 spiro atoms. The third-order valence-electron chi connectivity index (χ3n) is 4.26. The number of carbonyl (C=O) groups is 2. The molecule has 5 nitrogen and oxygen atoms in total. The number of amides is 1. The summed E-state index contributed by atoms with van der Waals surface area (Å²) < 4.78 is 11.2. The van der Waals surface area contributed by atoms with Crippen LogP contribution >= 0.6 is 11.6 Å². The van der Waals surface area contributed by atoms with Crippen molar-refractivity contribution >= 4 is 29.0 Å². The normalized spacial score (nSPS) is 10.3. The number of ketones is 1. The zero-order valence-corrected chi connectivity index (χ0v) is 16.8. The first kappa shape index (κ1) is 20.4. The maximum atomic E-state index is 12.6. The van der Waals surface area contributed by atoms with E-state index < -0.39 is 0 Å². The van der Waals surface area contributed by atoms with E-state index in [9.17, 15) is 9.59 Å². The summed E-state index contributed by atoms with van der Waals surface area (Å²) in [6, 6.07) is 19.1. The van der Waals surface area contributed by atoms with Crippen molar-refractivity contribution in [3.63, 3.8) is 0 Å². The zero-order chi connectivity index (χ0) is 20.8. The summed E-state index contributed by atoms with van der Waals surface area (Å²) in [5.74, 6) is 0.597. The summed E-state index contributed by atoms with van der Waals surface area (Å²) in [5, 5.41) is 3.45. The molecule has 0 heterocycles. The Morgan fingerprint density at radius 2 is 1.69 bits per heavy atom. The highest BCUT2D eigenvalue weighted by atomic mass is 35.5. The molecule has 0 bridgehead atoms. The number of hydrogen-bond acceptors (Lipinski definition) is 4. The molecule has 1 amide bonds. The van der Waals surface area contributed by atoms with Gasteiger partial charge in [-0.1, -0.05) is 35.9 Å².